The van der Waals surface area contributed by atoms with Crippen molar-refractivity contribution in [2.75, 3.05) is 0 Å². The van der Waals surface area contributed by atoms with E-state index in [1.807, 2.05) is 0 Å². The Balaban J connectivity index is 0.00000169. The summed E-state index contributed by atoms with van der Waals surface area (Å²) in [4.78, 5) is 0. The normalized spacial score (nSPS) is 22.9. The molecule has 2 N–H and O–H groups in total. The molecule has 0 unspecified atom stereocenters. The monoisotopic (exact) mass is 191 g/mol. The maximum atomic E-state index is 6.01. The number of hydrogen-bond acceptors (Lipinski definition) is 1. The van der Waals surface area contributed by atoms with Gasteiger partial charge in [0.1, 0.15) is 0 Å². The van der Waals surface area contributed by atoms with Crippen molar-refractivity contribution in [1.82, 2.24) is 0 Å². The minimum atomic E-state index is 0. The Hall–Kier alpha value is 0.557. The molecule has 1 nitrogen and oxygen atoms in total. The van der Waals surface area contributed by atoms with Crippen molar-refractivity contribution in [1.29, 1.82) is 0 Å². The van der Waals surface area contributed by atoms with Crippen LogP contribution in [0.1, 0.15) is 70.6 Å². The van der Waals surface area contributed by atoms with Crippen LogP contribution in [0.15, 0.2) is 0 Å². The second-order valence-corrected chi connectivity index (χ2v) is 4.52. The average Bonchev–Trinajstić information content (AvgIpc) is 2.11. The van der Waals surface area contributed by atoms with Gasteiger partial charge in [-0.05, 0) is 12.8 Å². The summed E-state index contributed by atoms with van der Waals surface area (Å²) in [5, 5.41) is 0. The molecule has 0 spiro atoms. The van der Waals surface area contributed by atoms with Gasteiger partial charge in [0.2, 0.25) is 0 Å². The number of nitrogens with two attached hydrogens (primary N) is 1. The van der Waals surface area contributed by atoms with E-state index in [-0.39, 0.29) is 18.9 Å². The van der Waals surface area contributed by atoms with Gasteiger partial charge in [0.15, 0.2) is 0 Å². The first-order valence-corrected chi connectivity index (χ1v) is 6.15. The van der Waals surface area contributed by atoms with Crippen LogP contribution in [0.5, 0.6) is 0 Å². The van der Waals surface area contributed by atoms with Gasteiger partial charge in [-0.3, -0.25) is 0 Å². The standard InChI is InChI=1S/C12H25N.Li.H/c13-12-10-8-6-4-2-1-3-5-7-9-11-12;;/h12H,1-11,13H2;;. The van der Waals surface area contributed by atoms with E-state index in [4.69, 9.17) is 5.73 Å². The van der Waals surface area contributed by atoms with Crippen LogP contribution < -0.4 is 5.73 Å². The van der Waals surface area contributed by atoms with E-state index < -0.39 is 0 Å². The average molecular weight is 191 g/mol. The molecular weight excluding hydrogens is 165 g/mol. The van der Waals surface area contributed by atoms with Gasteiger partial charge in [-0.1, -0.05) is 57.8 Å². The van der Waals surface area contributed by atoms with Crippen LogP contribution in [0, 0.1) is 0 Å². The molecule has 0 bridgehead atoms. The Labute approximate surface area is 101 Å². The van der Waals surface area contributed by atoms with Crippen molar-refractivity contribution in [2.24, 2.45) is 5.73 Å². The van der Waals surface area contributed by atoms with Crippen molar-refractivity contribution in [3.8, 4) is 0 Å². The summed E-state index contributed by atoms with van der Waals surface area (Å²) in [5.41, 5.74) is 6.01. The van der Waals surface area contributed by atoms with E-state index in [1.54, 1.807) is 0 Å². The quantitative estimate of drug-likeness (QED) is 0.585. The van der Waals surface area contributed by atoms with Crippen LogP contribution in [0.2, 0.25) is 0 Å². The second-order valence-electron chi connectivity index (χ2n) is 4.52. The first kappa shape index (κ1) is 14.6. The van der Waals surface area contributed by atoms with E-state index in [0.29, 0.717) is 6.04 Å². The van der Waals surface area contributed by atoms with Gasteiger partial charge in [-0.2, -0.15) is 0 Å². The van der Waals surface area contributed by atoms with Gasteiger partial charge in [0.25, 0.3) is 0 Å². The zero-order valence-electron chi connectivity index (χ0n) is 8.93. The molecule has 0 atom stereocenters. The molecule has 0 amide bonds. The topological polar surface area (TPSA) is 26.0 Å². The summed E-state index contributed by atoms with van der Waals surface area (Å²) in [6.45, 7) is 0. The predicted octanol–water partition coefficient (Wildman–Crippen LogP) is 2.97. The Morgan fingerprint density at radius 3 is 1.21 bits per heavy atom. The molecule has 0 aromatic rings. The third kappa shape index (κ3) is 7.92. The van der Waals surface area contributed by atoms with Gasteiger partial charge in [0, 0.05) is 6.04 Å². The Morgan fingerprint density at radius 2 is 0.857 bits per heavy atom. The van der Waals surface area contributed by atoms with Crippen LogP contribution >= 0.6 is 0 Å². The van der Waals surface area contributed by atoms with E-state index in [1.165, 1.54) is 70.6 Å². The van der Waals surface area contributed by atoms with Crippen molar-refractivity contribution < 1.29 is 0 Å². The second kappa shape index (κ2) is 10.1. The zero-order valence-corrected chi connectivity index (χ0v) is 8.93. The molecule has 80 valence electrons. The molecular formula is C12H26LiN. The SMILES string of the molecule is NC1CCCCCCCCCCC1.[LiH]. The third-order valence-electron chi connectivity index (χ3n) is 3.15. The molecule has 1 rings (SSSR count). The summed E-state index contributed by atoms with van der Waals surface area (Å²) >= 11 is 0. The Morgan fingerprint density at radius 1 is 0.571 bits per heavy atom. The molecule has 0 radical (unpaired) electrons. The first-order valence-electron chi connectivity index (χ1n) is 6.15. The molecule has 0 aromatic carbocycles. The van der Waals surface area contributed by atoms with Gasteiger partial charge < -0.3 is 5.73 Å². The molecule has 0 aromatic heterocycles. The van der Waals surface area contributed by atoms with Crippen LogP contribution in [0.4, 0.5) is 0 Å². The Bertz CT molecular complexity index is 105. The summed E-state index contributed by atoms with van der Waals surface area (Å²) in [6, 6.07) is 0.499. The summed E-state index contributed by atoms with van der Waals surface area (Å²) < 4.78 is 0. The first-order chi connectivity index (χ1) is 6.39. The van der Waals surface area contributed by atoms with Gasteiger partial charge in [-0.15, -0.1) is 0 Å². The molecule has 1 aliphatic carbocycles. The van der Waals surface area contributed by atoms with Gasteiger partial charge in [-0.25, -0.2) is 0 Å². The van der Waals surface area contributed by atoms with Crippen LogP contribution in [-0.4, -0.2) is 24.9 Å². The summed E-state index contributed by atoms with van der Waals surface area (Å²) in [6.07, 6.45) is 15.3. The fourth-order valence-corrected chi connectivity index (χ4v) is 2.19. The third-order valence-corrected chi connectivity index (χ3v) is 3.15. The summed E-state index contributed by atoms with van der Waals surface area (Å²) in [5.74, 6) is 0. The van der Waals surface area contributed by atoms with E-state index in [9.17, 15) is 0 Å². The van der Waals surface area contributed by atoms with Gasteiger partial charge >= 0.3 is 18.9 Å². The van der Waals surface area contributed by atoms with Crippen LogP contribution in [0.3, 0.4) is 0 Å². The fraction of sp³-hybridized carbons (Fsp3) is 1.00. The molecule has 0 saturated heterocycles. The van der Waals surface area contributed by atoms with Crippen molar-refractivity contribution >= 4 is 18.9 Å². The zero-order chi connectivity index (χ0) is 9.36. The molecule has 14 heavy (non-hydrogen) atoms. The molecule has 2 heteroatoms. The number of rotatable bonds is 0. The molecule has 1 saturated carbocycles. The van der Waals surface area contributed by atoms with Crippen LogP contribution in [0.25, 0.3) is 0 Å². The fourth-order valence-electron chi connectivity index (χ4n) is 2.19. The molecule has 1 aliphatic rings. The van der Waals surface area contributed by atoms with Crippen molar-refractivity contribution in [3.63, 3.8) is 0 Å². The van der Waals surface area contributed by atoms with Gasteiger partial charge in [0.05, 0.1) is 0 Å². The van der Waals surface area contributed by atoms with Crippen LogP contribution in [-0.2, 0) is 0 Å². The van der Waals surface area contributed by atoms with Crippen molar-refractivity contribution in [3.05, 3.63) is 0 Å². The van der Waals surface area contributed by atoms with Crippen molar-refractivity contribution in [2.45, 2.75) is 76.7 Å². The number of hydrogen-bond donors (Lipinski definition) is 1. The van der Waals surface area contributed by atoms with E-state index in [0.717, 1.165) is 0 Å². The van der Waals surface area contributed by atoms with E-state index in [2.05, 4.69) is 0 Å². The minimum absolute atomic E-state index is 0. The Kier molecular flexibility index (Phi) is 10.5. The summed E-state index contributed by atoms with van der Waals surface area (Å²) in [7, 11) is 0. The molecule has 1 fully saturated rings. The van der Waals surface area contributed by atoms with E-state index >= 15 is 0 Å². The predicted molar refractivity (Wildman–Crippen MR) is 65.9 cm³/mol. The molecule has 0 aliphatic heterocycles. The maximum absolute atomic E-state index is 6.01. The molecule has 0 heterocycles.